The molecule has 2 aliphatic carbocycles. The van der Waals surface area contributed by atoms with Gasteiger partial charge < -0.3 is 18.6 Å². The lowest BCUT2D eigenvalue weighted by atomic mass is 9.72. The molecule has 2 atom stereocenters. The Bertz CT molecular complexity index is 3940. The summed E-state index contributed by atoms with van der Waals surface area (Å²) < 4.78 is 20.4. The zero-order chi connectivity index (χ0) is 99.6. The van der Waals surface area contributed by atoms with E-state index in [1.807, 2.05) is 30.3 Å². The Labute approximate surface area is 811 Å². The first-order valence-corrected chi connectivity index (χ1v) is 51.1. The molecule has 130 heavy (non-hydrogen) atoms. The van der Waals surface area contributed by atoms with Crippen LogP contribution in [0.25, 0.3) is 0 Å². The van der Waals surface area contributed by atoms with Crippen molar-refractivity contribution in [1.82, 2.24) is 9.80 Å². The van der Waals surface area contributed by atoms with E-state index in [9.17, 15) is 4.79 Å². The Morgan fingerprint density at radius 2 is 0.831 bits per heavy atom. The molecular formula is C122H205ClN2O5. The number of rotatable bonds is 22. The van der Waals surface area contributed by atoms with E-state index in [0.717, 1.165) is 98.1 Å². The Morgan fingerprint density at radius 3 is 1.25 bits per heavy atom. The zero-order valence-corrected chi connectivity index (χ0v) is 93.1. The average molecular weight is 1820 g/mol. The molecular weight excluding hydrogens is 1610 g/mol. The number of esters is 1. The third-order valence-corrected chi connectivity index (χ3v) is 23.5. The van der Waals surface area contributed by atoms with Gasteiger partial charge in [0.2, 0.25) is 5.76 Å². The standard InChI is InChI=1S/C15H24O2.C13H21N.C12H17Cl.C12H18O3.3C12H18.2C12H24.C10H23N/c1-15(2,3)10-6-7-12-8-9-13(16-4)14(11-12)17-5;1-5-14(13(2,3)4)11-12-9-7-6-8-10-12;1-12(2,3)9-8-10-6-4-5-7-11(10)13;1-12(2,3)8-7-9-5-6-10(15-9)11(13)14-4;1-10-5-7-11(8-6-10)9-12(2,3)4;2*1-10-6-5-7-11(8-10)9-12(2,3)4;1-10-7-5-6-8-11(10)9-12(2,3)4;1-12(2,3)10-11-8-6-4-5-7-9-11;1-6-8-11(9-7-2)10(3,4)5/h8-9,11H,6-7,10H2,1-5H3;6-10H,5,11H2,1-4H3;4-7H,8-9H2,1-3H3;5-6H,7-8H2,1-4H3;3*5-8H,9H2,1-4H3;10-11H,5-9H2,1-4H3;11H,4-10H2,1-3H3;6-9H2,1-5H3. The van der Waals surface area contributed by atoms with Crippen molar-refractivity contribution in [2.45, 2.75) is 428 Å². The molecule has 0 radical (unpaired) electrons. The molecule has 6 aromatic carbocycles. The van der Waals surface area contributed by atoms with E-state index in [0.29, 0.717) is 43.4 Å². The number of furan rings is 1. The van der Waals surface area contributed by atoms with Crippen molar-refractivity contribution in [3.05, 3.63) is 224 Å². The lowest BCUT2D eigenvalue weighted by Crippen LogP contribution is -2.42. The summed E-state index contributed by atoms with van der Waals surface area (Å²) >= 11 is 6.05. The fourth-order valence-electron chi connectivity index (χ4n) is 16.3. The minimum Gasteiger partial charge on any atom is -0.493 e. The highest BCUT2D eigenvalue weighted by atomic mass is 35.5. The zero-order valence-electron chi connectivity index (χ0n) is 92.4. The predicted molar refractivity (Wildman–Crippen MR) is 577 cm³/mol. The number of ether oxygens (including phenoxy) is 3. The molecule has 0 bridgehead atoms. The molecule has 2 unspecified atom stereocenters. The van der Waals surface area contributed by atoms with Gasteiger partial charge in [0.25, 0.3) is 0 Å². The van der Waals surface area contributed by atoms with Crippen LogP contribution < -0.4 is 9.47 Å². The smallest absolute Gasteiger partial charge is 0.373 e. The van der Waals surface area contributed by atoms with Crippen molar-refractivity contribution in [2.24, 2.45) is 61.1 Å². The molecule has 2 fully saturated rings. The van der Waals surface area contributed by atoms with Gasteiger partial charge in [0, 0.05) is 29.1 Å². The lowest BCUT2D eigenvalue weighted by molar-refractivity contribution is 0.0562. The second kappa shape index (κ2) is 61.8. The van der Waals surface area contributed by atoms with Crippen molar-refractivity contribution in [3.63, 3.8) is 0 Å². The molecule has 8 heteroatoms. The SMILES string of the molecule is CC(C)(C)CC1CCCCCC1.CC(C)(C)CCc1ccccc1Cl.CC1CCCCC1CC(C)(C)C.CCCN(CCC)C(C)(C)C.CCN(Cc1ccccc1)C(C)(C)C.COC(=O)c1ccc(CCC(C)(C)C)o1.COc1ccc(CCCC(C)(C)C)cc1OC.Cc1ccc(CC(C)(C)C)cc1.Cc1cccc(CC(C)(C)C)c1.Cc1cccc(CC(C)(C)C)c1. The van der Waals surface area contributed by atoms with Crippen molar-refractivity contribution in [2.75, 3.05) is 41.0 Å². The number of benzene rings is 6. The Balaban J connectivity index is 0.00000143. The number of methoxy groups -OCH3 is 3. The Morgan fingerprint density at radius 1 is 0.392 bits per heavy atom. The van der Waals surface area contributed by atoms with Crippen molar-refractivity contribution >= 4 is 17.6 Å². The van der Waals surface area contributed by atoms with Crippen molar-refractivity contribution < 1.29 is 23.4 Å². The van der Waals surface area contributed by atoms with Crippen LogP contribution in [0.5, 0.6) is 11.5 Å². The highest BCUT2D eigenvalue weighted by molar-refractivity contribution is 6.31. The normalized spacial score (nSPS) is 14.6. The molecule has 2 aliphatic rings. The fourth-order valence-corrected chi connectivity index (χ4v) is 16.6. The molecule has 0 spiro atoms. The van der Waals surface area contributed by atoms with Crippen LogP contribution in [0.15, 0.2) is 162 Å². The predicted octanol–water partition coefficient (Wildman–Crippen LogP) is 37.0. The summed E-state index contributed by atoms with van der Waals surface area (Å²) in [6.07, 6.45) is 31.4. The summed E-state index contributed by atoms with van der Waals surface area (Å²) in [5, 5.41) is 0.895. The maximum Gasteiger partial charge on any atom is 0.373 e. The van der Waals surface area contributed by atoms with Gasteiger partial charge in [-0.25, -0.2) is 4.79 Å². The third kappa shape index (κ3) is 67.1. The van der Waals surface area contributed by atoms with Crippen LogP contribution in [0.2, 0.25) is 5.02 Å². The number of halogens is 1. The topological polar surface area (TPSA) is 64.4 Å². The molecule has 9 rings (SSSR count). The maximum absolute atomic E-state index is 11.1. The first kappa shape index (κ1) is 124. The van der Waals surface area contributed by atoms with Gasteiger partial charge in [-0.1, -0.05) is 414 Å². The van der Waals surface area contributed by atoms with Gasteiger partial charge >= 0.3 is 5.97 Å². The molecule has 7 nitrogen and oxygen atoms in total. The summed E-state index contributed by atoms with van der Waals surface area (Å²) in [5.74, 6) is 5.35. The number of hydrogen-bond donors (Lipinski definition) is 0. The van der Waals surface area contributed by atoms with E-state index in [4.69, 9.17) is 25.5 Å². The number of aryl methyl sites for hydroxylation is 6. The number of carbonyl (C=O) groups is 1. The van der Waals surface area contributed by atoms with Crippen LogP contribution in [-0.4, -0.2) is 67.8 Å². The molecule has 0 aliphatic heterocycles. The van der Waals surface area contributed by atoms with Gasteiger partial charge in [0.1, 0.15) is 5.76 Å². The highest BCUT2D eigenvalue weighted by Crippen LogP contribution is 2.39. The van der Waals surface area contributed by atoms with E-state index in [1.165, 1.54) is 179 Å². The first-order valence-electron chi connectivity index (χ1n) is 50.7. The molecule has 7 aromatic rings. The minimum absolute atomic E-state index is 0.255. The molecule has 0 N–H and O–H groups in total. The molecule has 1 aromatic heterocycles. The second-order valence-electron chi connectivity index (χ2n) is 49.5. The quantitative estimate of drug-likeness (QED) is 0.0495. The number of nitrogens with zero attached hydrogens (tertiary/aromatic N) is 2. The molecule has 740 valence electrons. The summed E-state index contributed by atoms with van der Waals surface area (Å²) in [6.45, 7) is 88.6. The second-order valence-corrected chi connectivity index (χ2v) is 49.9. The van der Waals surface area contributed by atoms with E-state index in [2.05, 4.69) is 392 Å². The first-order chi connectivity index (χ1) is 59.9. The van der Waals surface area contributed by atoms with E-state index in [-0.39, 0.29) is 16.7 Å². The molecule has 0 saturated heterocycles. The van der Waals surface area contributed by atoms with E-state index >= 15 is 0 Å². The monoisotopic (exact) mass is 1810 g/mol. The largest absolute Gasteiger partial charge is 0.493 e. The van der Waals surface area contributed by atoms with Crippen LogP contribution in [-0.2, 0) is 49.8 Å². The van der Waals surface area contributed by atoms with E-state index in [1.54, 1.807) is 20.3 Å². The Kier molecular flexibility index (Phi) is 58.9. The van der Waals surface area contributed by atoms with Gasteiger partial charge in [-0.15, -0.1) is 0 Å². The molecule has 2 saturated carbocycles. The maximum atomic E-state index is 11.1. The van der Waals surface area contributed by atoms with Crippen LogP contribution in [0.3, 0.4) is 0 Å². The van der Waals surface area contributed by atoms with Gasteiger partial charge in [0.15, 0.2) is 11.5 Å². The van der Waals surface area contributed by atoms with Gasteiger partial charge in [-0.3, -0.25) is 9.80 Å². The van der Waals surface area contributed by atoms with Crippen LogP contribution in [0.4, 0.5) is 0 Å². The van der Waals surface area contributed by atoms with Gasteiger partial charge in [-0.2, -0.15) is 0 Å². The summed E-state index contributed by atoms with van der Waals surface area (Å²) in [7, 11) is 4.69. The Hall–Kier alpha value is -6.12. The average Bonchev–Trinajstić information content (AvgIpc) is 1.47. The van der Waals surface area contributed by atoms with Crippen LogP contribution >= 0.6 is 11.6 Å². The van der Waals surface area contributed by atoms with Crippen LogP contribution in [0, 0.1) is 81.8 Å². The highest BCUT2D eigenvalue weighted by Gasteiger charge is 2.27. The fraction of sp³-hybridized carbons (Fsp3) is 0.664. The summed E-state index contributed by atoms with van der Waals surface area (Å²) in [6, 6.07) is 54.7. The summed E-state index contributed by atoms with van der Waals surface area (Å²) in [5.41, 5.74) is 16.3. The number of hydrogen-bond acceptors (Lipinski definition) is 7. The van der Waals surface area contributed by atoms with Crippen molar-refractivity contribution in [3.8, 4) is 11.5 Å². The van der Waals surface area contributed by atoms with Crippen LogP contribution in [0.1, 0.15) is 417 Å². The summed E-state index contributed by atoms with van der Waals surface area (Å²) in [4.78, 5) is 16.1. The van der Waals surface area contributed by atoms with E-state index < -0.39 is 5.97 Å². The number of carbonyl (C=O) groups excluding carboxylic acids is 1. The van der Waals surface area contributed by atoms with Crippen molar-refractivity contribution in [1.29, 1.82) is 0 Å². The molecule has 1 heterocycles. The lowest BCUT2D eigenvalue weighted by Gasteiger charge is -2.35. The van der Waals surface area contributed by atoms with Gasteiger partial charge in [-0.05, 0) is 290 Å². The third-order valence-electron chi connectivity index (χ3n) is 23.1. The minimum atomic E-state index is -0.419. The molecule has 0 amide bonds. The van der Waals surface area contributed by atoms with Gasteiger partial charge in [0.05, 0.1) is 21.3 Å².